The number of carboxylic acid groups (broad SMARTS) is 1. The lowest BCUT2D eigenvalue weighted by molar-refractivity contribution is 0.0696. The number of aromatic carboxylic acids is 1. The average molecular weight is 260 g/mol. The quantitative estimate of drug-likeness (QED) is 0.908. The molecule has 98 valence electrons. The van der Waals surface area contributed by atoms with Crippen molar-refractivity contribution in [3.05, 3.63) is 41.6 Å². The van der Waals surface area contributed by atoms with Crippen LogP contribution in [-0.4, -0.2) is 28.2 Å². The van der Waals surface area contributed by atoms with E-state index in [1.54, 1.807) is 25.1 Å². The minimum absolute atomic E-state index is 0.111. The smallest absolute Gasteiger partial charge is 0.335 e. The Kier molecular flexibility index (Phi) is 3.61. The minimum atomic E-state index is -1.02. The summed E-state index contributed by atoms with van der Waals surface area (Å²) in [4.78, 5) is 19.0. The minimum Gasteiger partial charge on any atom is -0.481 e. The highest BCUT2D eigenvalue weighted by Crippen LogP contribution is 2.21. The molecule has 1 N–H and O–H groups in total. The maximum atomic E-state index is 10.9. The predicted octanol–water partition coefficient (Wildman–Crippen LogP) is 2.28. The van der Waals surface area contributed by atoms with Crippen LogP contribution in [0.25, 0.3) is 0 Å². The molecule has 0 aliphatic carbocycles. The third-order valence-electron chi connectivity index (χ3n) is 2.31. The Hall–Kier alpha value is -2.63. The van der Waals surface area contributed by atoms with Crippen LogP contribution in [0.4, 0.5) is 0 Å². The summed E-state index contributed by atoms with van der Waals surface area (Å²) in [5.41, 5.74) is 0.827. The number of benzene rings is 1. The average Bonchev–Trinajstić information content (AvgIpc) is 2.38. The van der Waals surface area contributed by atoms with Crippen molar-refractivity contribution in [3.63, 3.8) is 0 Å². The third-order valence-corrected chi connectivity index (χ3v) is 2.31. The zero-order valence-corrected chi connectivity index (χ0v) is 10.5. The SMILES string of the molecule is COc1cc(C)nc(Oc2cccc(C(=O)O)c2)n1. The van der Waals surface area contributed by atoms with Gasteiger partial charge in [0.15, 0.2) is 0 Å². The van der Waals surface area contributed by atoms with Crippen molar-refractivity contribution in [2.75, 3.05) is 7.11 Å². The number of hydrogen-bond donors (Lipinski definition) is 1. The van der Waals surface area contributed by atoms with Gasteiger partial charge >= 0.3 is 12.0 Å². The van der Waals surface area contributed by atoms with Crippen LogP contribution >= 0.6 is 0 Å². The molecule has 0 unspecified atom stereocenters. The fraction of sp³-hybridized carbons (Fsp3) is 0.154. The Morgan fingerprint density at radius 3 is 2.74 bits per heavy atom. The first-order valence-electron chi connectivity index (χ1n) is 5.49. The molecule has 0 radical (unpaired) electrons. The zero-order valence-electron chi connectivity index (χ0n) is 10.5. The van der Waals surface area contributed by atoms with Crippen LogP contribution in [0, 0.1) is 6.92 Å². The molecule has 6 heteroatoms. The molecule has 0 atom stereocenters. The topological polar surface area (TPSA) is 81.5 Å². The Morgan fingerprint density at radius 2 is 2.05 bits per heavy atom. The van der Waals surface area contributed by atoms with Crippen molar-refractivity contribution in [2.24, 2.45) is 0 Å². The van der Waals surface area contributed by atoms with Crippen molar-refractivity contribution < 1.29 is 19.4 Å². The number of methoxy groups -OCH3 is 1. The number of carbonyl (C=O) groups is 1. The number of rotatable bonds is 4. The Balaban J connectivity index is 2.28. The van der Waals surface area contributed by atoms with Gasteiger partial charge in [-0.05, 0) is 25.1 Å². The lowest BCUT2D eigenvalue weighted by Gasteiger charge is -2.06. The summed E-state index contributed by atoms with van der Waals surface area (Å²) in [6, 6.07) is 7.88. The summed E-state index contributed by atoms with van der Waals surface area (Å²) in [7, 11) is 1.50. The van der Waals surface area contributed by atoms with E-state index in [0.29, 0.717) is 17.3 Å². The molecule has 0 fully saturated rings. The molecule has 0 bridgehead atoms. The van der Waals surface area contributed by atoms with E-state index >= 15 is 0 Å². The van der Waals surface area contributed by atoms with Crippen molar-refractivity contribution in [2.45, 2.75) is 6.92 Å². The second kappa shape index (κ2) is 5.34. The Bertz CT molecular complexity index is 613. The normalized spacial score (nSPS) is 10.0. The van der Waals surface area contributed by atoms with Crippen molar-refractivity contribution in [3.8, 4) is 17.6 Å². The number of hydrogen-bond acceptors (Lipinski definition) is 5. The van der Waals surface area contributed by atoms with Crippen LogP contribution in [0.1, 0.15) is 16.1 Å². The fourth-order valence-corrected chi connectivity index (χ4v) is 1.46. The molecule has 2 aromatic rings. The molecule has 1 aromatic heterocycles. The molecule has 0 spiro atoms. The maximum absolute atomic E-state index is 10.9. The van der Waals surface area contributed by atoms with E-state index in [1.165, 1.54) is 19.2 Å². The van der Waals surface area contributed by atoms with Gasteiger partial charge in [-0.3, -0.25) is 0 Å². The van der Waals surface area contributed by atoms with Crippen molar-refractivity contribution in [1.29, 1.82) is 0 Å². The maximum Gasteiger partial charge on any atom is 0.335 e. The van der Waals surface area contributed by atoms with Gasteiger partial charge in [-0.1, -0.05) is 6.07 Å². The molecular weight excluding hydrogens is 248 g/mol. The summed E-state index contributed by atoms with van der Waals surface area (Å²) >= 11 is 0. The van der Waals surface area contributed by atoms with Crippen molar-refractivity contribution >= 4 is 5.97 Å². The van der Waals surface area contributed by atoms with Crippen LogP contribution in [0.2, 0.25) is 0 Å². The number of aryl methyl sites for hydroxylation is 1. The highest BCUT2D eigenvalue weighted by atomic mass is 16.5. The van der Waals surface area contributed by atoms with Gasteiger partial charge < -0.3 is 14.6 Å². The predicted molar refractivity (Wildman–Crippen MR) is 66.8 cm³/mol. The molecule has 0 amide bonds. The lowest BCUT2D eigenvalue weighted by atomic mass is 10.2. The summed E-state index contributed by atoms with van der Waals surface area (Å²) < 4.78 is 10.4. The Labute approximate surface area is 109 Å². The van der Waals surface area contributed by atoms with E-state index in [9.17, 15) is 4.79 Å². The van der Waals surface area contributed by atoms with Crippen LogP contribution in [0.15, 0.2) is 30.3 Å². The largest absolute Gasteiger partial charge is 0.481 e. The van der Waals surface area contributed by atoms with Gasteiger partial charge in [0.2, 0.25) is 5.88 Å². The Morgan fingerprint density at radius 1 is 1.26 bits per heavy atom. The second-order valence-corrected chi connectivity index (χ2v) is 3.77. The molecule has 19 heavy (non-hydrogen) atoms. The molecule has 0 aliphatic heterocycles. The summed E-state index contributed by atoms with van der Waals surface area (Å²) in [6.45, 7) is 1.78. The van der Waals surface area contributed by atoms with Gasteiger partial charge in [0.05, 0.1) is 12.7 Å². The highest BCUT2D eigenvalue weighted by molar-refractivity contribution is 5.88. The van der Waals surface area contributed by atoms with Crippen LogP contribution < -0.4 is 9.47 Å². The molecule has 1 heterocycles. The van der Waals surface area contributed by atoms with Gasteiger partial charge in [0.1, 0.15) is 5.75 Å². The number of nitrogens with zero attached hydrogens (tertiary/aromatic N) is 2. The van der Waals surface area contributed by atoms with Gasteiger partial charge in [-0.25, -0.2) is 4.79 Å². The first-order chi connectivity index (χ1) is 9.08. The van der Waals surface area contributed by atoms with E-state index in [1.807, 2.05) is 0 Å². The summed E-state index contributed by atoms with van der Waals surface area (Å²) in [5, 5.41) is 8.89. The summed E-state index contributed by atoms with van der Waals surface area (Å²) in [5.74, 6) is -0.280. The fourth-order valence-electron chi connectivity index (χ4n) is 1.46. The number of carboxylic acids is 1. The second-order valence-electron chi connectivity index (χ2n) is 3.77. The van der Waals surface area contributed by atoms with Gasteiger partial charge in [-0.15, -0.1) is 0 Å². The molecule has 0 aliphatic rings. The van der Waals surface area contributed by atoms with E-state index in [2.05, 4.69) is 9.97 Å². The molecule has 6 nitrogen and oxygen atoms in total. The van der Waals surface area contributed by atoms with Crippen LogP contribution in [-0.2, 0) is 0 Å². The van der Waals surface area contributed by atoms with Gasteiger partial charge in [0.25, 0.3) is 0 Å². The number of aromatic nitrogens is 2. The summed E-state index contributed by atoms with van der Waals surface area (Å²) in [6.07, 6.45) is 0. The van der Waals surface area contributed by atoms with E-state index in [-0.39, 0.29) is 11.6 Å². The molecular formula is C13H12N2O4. The zero-order chi connectivity index (χ0) is 13.8. The lowest BCUT2D eigenvalue weighted by Crippen LogP contribution is -1.99. The first-order valence-corrected chi connectivity index (χ1v) is 5.49. The molecule has 0 saturated carbocycles. The van der Waals surface area contributed by atoms with E-state index < -0.39 is 5.97 Å². The molecule has 0 saturated heterocycles. The van der Waals surface area contributed by atoms with E-state index in [4.69, 9.17) is 14.6 Å². The van der Waals surface area contributed by atoms with Crippen LogP contribution in [0.5, 0.6) is 17.6 Å². The first kappa shape index (κ1) is 12.8. The van der Waals surface area contributed by atoms with Crippen molar-refractivity contribution in [1.82, 2.24) is 9.97 Å². The highest BCUT2D eigenvalue weighted by Gasteiger charge is 2.08. The number of ether oxygens (including phenoxy) is 2. The standard InChI is InChI=1S/C13H12N2O4/c1-8-6-11(18-2)15-13(14-8)19-10-5-3-4-9(7-10)12(16)17/h3-7H,1-2H3,(H,16,17). The third kappa shape index (κ3) is 3.19. The van der Waals surface area contributed by atoms with Crippen LogP contribution in [0.3, 0.4) is 0 Å². The monoisotopic (exact) mass is 260 g/mol. The van der Waals surface area contributed by atoms with Gasteiger partial charge in [0, 0.05) is 11.8 Å². The molecule has 1 aromatic carbocycles. The van der Waals surface area contributed by atoms with E-state index in [0.717, 1.165) is 0 Å². The molecule has 2 rings (SSSR count). The van der Waals surface area contributed by atoms with Gasteiger partial charge in [-0.2, -0.15) is 9.97 Å².